The first-order valence-corrected chi connectivity index (χ1v) is 13.6. The minimum Gasteiger partial charge on any atom is -0.0656 e. The van der Waals surface area contributed by atoms with Gasteiger partial charge in [-0.25, -0.2) is 0 Å². The summed E-state index contributed by atoms with van der Waals surface area (Å²) in [4.78, 5) is 0. The van der Waals surface area contributed by atoms with Crippen molar-refractivity contribution in [1.29, 1.82) is 0 Å². The fraction of sp³-hybridized carbons (Fsp3) is 0.600. The van der Waals surface area contributed by atoms with E-state index in [-0.39, 0.29) is 0 Å². The maximum atomic E-state index is 2.51. The van der Waals surface area contributed by atoms with Crippen LogP contribution in [0.3, 0.4) is 0 Å². The smallest absolute Gasteiger partial charge is 0.0656 e. The molecule has 1 aromatic carbocycles. The quantitative estimate of drug-likeness (QED) is 0.707. The minimum absolute atomic E-state index is 1.13. The van der Waals surface area contributed by atoms with Gasteiger partial charge >= 0.3 is 0 Å². The normalized spacial score (nSPS) is 12.8. The maximum absolute atomic E-state index is 2.51. The number of hydrogen-bond donors (Lipinski definition) is 0. The van der Waals surface area contributed by atoms with Gasteiger partial charge < -0.3 is 0 Å². The molecule has 96 valence electrons. The first kappa shape index (κ1) is 14.7. The monoisotopic (exact) mass is 264 g/mol. The van der Waals surface area contributed by atoms with E-state index in [1.54, 1.807) is 10.4 Å². The second kappa shape index (κ2) is 5.53. The molecule has 1 aromatic rings. The summed E-state index contributed by atoms with van der Waals surface area (Å²) in [7, 11) is -2.29. The Balaban J connectivity index is 2.87. The van der Waals surface area contributed by atoms with Crippen LogP contribution in [-0.4, -0.2) is 16.1 Å². The van der Waals surface area contributed by atoms with Gasteiger partial charge in [0.1, 0.15) is 0 Å². The Morgan fingerprint density at radius 2 is 1.29 bits per heavy atom. The molecule has 1 rings (SSSR count). The highest BCUT2D eigenvalue weighted by atomic mass is 28.3. The lowest BCUT2D eigenvalue weighted by Crippen LogP contribution is -2.44. The van der Waals surface area contributed by atoms with Gasteiger partial charge in [0.15, 0.2) is 0 Å². The van der Waals surface area contributed by atoms with Gasteiger partial charge in [0.25, 0.3) is 0 Å². The Kier molecular flexibility index (Phi) is 4.79. The van der Waals surface area contributed by atoms with Crippen LogP contribution in [0.1, 0.15) is 19.8 Å². The summed E-state index contributed by atoms with van der Waals surface area (Å²) in [5.74, 6) is 0. The Hall–Kier alpha value is -0.346. The van der Waals surface area contributed by atoms with Crippen LogP contribution in [0.5, 0.6) is 0 Å². The molecule has 0 amide bonds. The molecule has 0 aliphatic carbocycles. The third-order valence-electron chi connectivity index (χ3n) is 3.69. The van der Waals surface area contributed by atoms with Crippen LogP contribution in [0.15, 0.2) is 24.3 Å². The van der Waals surface area contributed by atoms with Crippen LogP contribution in [0.25, 0.3) is 0 Å². The van der Waals surface area contributed by atoms with E-state index in [1.807, 2.05) is 0 Å². The number of unbranched alkanes of at least 4 members (excludes halogenated alkanes) is 1. The van der Waals surface area contributed by atoms with Gasteiger partial charge in [-0.05, 0) is 0 Å². The summed E-state index contributed by atoms with van der Waals surface area (Å²) in [6, 6.07) is 11.0. The molecule has 0 radical (unpaired) electrons. The molecule has 0 aliphatic rings. The van der Waals surface area contributed by atoms with Gasteiger partial charge in [-0.2, -0.15) is 0 Å². The molecule has 0 fully saturated rings. The summed E-state index contributed by atoms with van der Waals surface area (Å²) in [6.07, 6.45) is 2.71. The van der Waals surface area contributed by atoms with Crippen molar-refractivity contribution in [2.75, 3.05) is 0 Å². The van der Waals surface area contributed by atoms with Crippen molar-refractivity contribution in [3.63, 3.8) is 0 Å². The number of benzene rings is 1. The lowest BCUT2D eigenvalue weighted by atomic mass is 10.4. The molecule has 0 unspecified atom stereocenters. The highest BCUT2D eigenvalue weighted by Crippen LogP contribution is 2.14. The van der Waals surface area contributed by atoms with E-state index < -0.39 is 16.1 Å². The van der Waals surface area contributed by atoms with Gasteiger partial charge in [-0.15, -0.1) is 0 Å². The van der Waals surface area contributed by atoms with Crippen molar-refractivity contribution >= 4 is 26.5 Å². The fourth-order valence-corrected chi connectivity index (χ4v) is 5.95. The van der Waals surface area contributed by atoms with Gasteiger partial charge in [-0.3, -0.25) is 0 Å². The molecule has 0 atom stereocenters. The predicted octanol–water partition coefficient (Wildman–Crippen LogP) is 3.95. The van der Waals surface area contributed by atoms with E-state index in [1.165, 1.54) is 18.9 Å². The summed E-state index contributed by atoms with van der Waals surface area (Å²) in [5, 5.41) is 3.22. The van der Waals surface area contributed by atoms with Crippen LogP contribution in [0.4, 0.5) is 0 Å². The van der Waals surface area contributed by atoms with E-state index in [9.17, 15) is 0 Å². The molecule has 0 saturated carbocycles. The van der Waals surface area contributed by atoms with Gasteiger partial charge in [0, 0.05) is 0 Å². The average Bonchev–Trinajstić information content (AvgIpc) is 2.25. The maximum Gasteiger partial charge on any atom is 0.0806 e. The predicted molar refractivity (Wildman–Crippen MR) is 86.3 cm³/mol. The summed E-state index contributed by atoms with van der Waals surface area (Å²) < 4.78 is 0. The molecule has 0 aromatic heterocycles. The van der Waals surface area contributed by atoms with Crippen molar-refractivity contribution in [1.82, 2.24) is 0 Å². The standard InChI is InChI=1S/C15H28Si2/c1-7-8-13-17(5,6)15-11-9-14(10-12-15)16(2,3)4/h9-12H,7-8,13H2,1-6H3. The zero-order chi connectivity index (χ0) is 13.1. The topological polar surface area (TPSA) is 0 Å². The van der Waals surface area contributed by atoms with E-state index in [0.717, 1.165) is 0 Å². The Morgan fingerprint density at radius 1 is 0.824 bits per heavy atom. The van der Waals surface area contributed by atoms with Gasteiger partial charge in [0.05, 0.1) is 16.1 Å². The molecule has 0 aliphatic heterocycles. The molecule has 0 nitrogen and oxygen atoms in total. The average molecular weight is 265 g/mol. The summed E-state index contributed by atoms with van der Waals surface area (Å²) in [6.45, 7) is 14.6. The Bertz CT molecular complexity index is 344. The van der Waals surface area contributed by atoms with Crippen molar-refractivity contribution in [3.05, 3.63) is 24.3 Å². The van der Waals surface area contributed by atoms with Gasteiger partial charge in [-0.1, -0.05) is 93.2 Å². The lowest BCUT2D eigenvalue weighted by molar-refractivity contribution is 0.870. The van der Waals surface area contributed by atoms with E-state index in [2.05, 4.69) is 63.9 Å². The zero-order valence-electron chi connectivity index (χ0n) is 12.4. The first-order valence-electron chi connectivity index (χ1n) is 6.88. The second-order valence-corrected chi connectivity index (χ2v) is 16.7. The number of rotatable bonds is 5. The molecule has 0 heterocycles. The number of hydrogen-bond acceptors (Lipinski definition) is 0. The SMILES string of the molecule is CCCC[Si](C)(C)c1ccc([Si](C)(C)C)cc1. The third kappa shape index (κ3) is 4.11. The molecule has 0 spiro atoms. The van der Waals surface area contributed by atoms with Crippen LogP contribution in [0, 0.1) is 0 Å². The van der Waals surface area contributed by atoms with Crippen molar-refractivity contribution in [2.24, 2.45) is 0 Å². The largest absolute Gasteiger partial charge is 0.0806 e. The molecular weight excluding hydrogens is 236 g/mol. The van der Waals surface area contributed by atoms with E-state index in [4.69, 9.17) is 0 Å². The van der Waals surface area contributed by atoms with Crippen molar-refractivity contribution < 1.29 is 0 Å². The summed E-state index contributed by atoms with van der Waals surface area (Å²) in [5.41, 5.74) is 0. The van der Waals surface area contributed by atoms with Crippen LogP contribution >= 0.6 is 0 Å². The molecule has 0 bridgehead atoms. The van der Waals surface area contributed by atoms with Crippen molar-refractivity contribution in [2.45, 2.75) is 58.5 Å². The van der Waals surface area contributed by atoms with Crippen LogP contribution in [-0.2, 0) is 0 Å². The first-order chi connectivity index (χ1) is 7.77. The molecule has 2 heteroatoms. The van der Waals surface area contributed by atoms with Crippen molar-refractivity contribution in [3.8, 4) is 0 Å². The fourth-order valence-electron chi connectivity index (χ4n) is 2.18. The Labute approximate surface area is 109 Å². The molecule has 17 heavy (non-hydrogen) atoms. The summed E-state index contributed by atoms with van der Waals surface area (Å²) >= 11 is 0. The Morgan fingerprint density at radius 3 is 1.71 bits per heavy atom. The zero-order valence-corrected chi connectivity index (χ0v) is 14.4. The lowest BCUT2D eigenvalue weighted by Gasteiger charge is -2.24. The van der Waals surface area contributed by atoms with Crippen LogP contribution < -0.4 is 10.4 Å². The second-order valence-electron chi connectivity index (χ2n) is 6.81. The molecule has 0 saturated heterocycles. The highest BCUT2D eigenvalue weighted by Gasteiger charge is 2.23. The minimum atomic E-state index is -1.17. The molecule has 0 N–H and O–H groups in total. The van der Waals surface area contributed by atoms with Crippen LogP contribution in [0.2, 0.25) is 38.8 Å². The van der Waals surface area contributed by atoms with E-state index >= 15 is 0 Å². The highest BCUT2D eigenvalue weighted by molar-refractivity contribution is 6.90. The third-order valence-corrected chi connectivity index (χ3v) is 9.25. The van der Waals surface area contributed by atoms with E-state index in [0.29, 0.717) is 0 Å². The molecular formula is C15H28Si2. The van der Waals surface area contributed by atoms with Gasteiger partial charge in [0.2, 0.25) is 0 Å².